The monoisotopic (exact) mass is 501 g/mol. The summed E-state index contributed by atoms with van der Waals surface area (Å²) in [5.41, 5.74) is 3.52. The Morgan fingerprint density at radius 1 is 1.17 bits per heavy atom. The highest BCUT2D eigenvalue weighted by Crippen LogP contribution is 2.32. The number of carbonyl (C=O) groups is 2. The van der Waals surface area contributed by atoms with Gasteiger partial charge < -0.3 is 15.2 Å². The number of nitrogens with zero attached hydrogens (tertiary/aromatic N) is 1. The van der Waals surface area contributed by atoms with Crippen LogP contribution in [0.25, 0.3) is 0 Å². The van der Waals surface area contributed by atoms with Crippen LogP contribution < -0.4 is 10.6 Å². The molecule has 8 nitrogen and oxygen atoms in total. The fraction of sp³-hybridized carbons (Fsp3) is 0.577. The zero-order valence-electron chi connectivity index (χ0n) is 20.6. The Labute approximate surface area is 207 Å². The van der Waals surface area contributed by atoms with Crippen molar-refractivity contribution >= 4 is 27.3 Å². The maximum atomic E-state index is 13.0. The summed E-state index contributed by atoms with van der Waals surface area (Å²) < 4.78 is 31.1. The summed E-state index contributed by atoms with van der Waals surface area (Å²) in [5.74, 6) is 1.27. The van der Waals surface area contributed by atoms with Gasteiger partial charge >= 0.3 is 0 Å². The molecule has 0 bridgehead atoms. The van der Waals surface area contributed by atoms with E-state index in [-0.39, 0.29) is 23.5 Å². The van der Waals surface area contributed by atoms with Crippen molar-refractivity contribution in [3.63, 3.8) is 0 Å². The lowest BCUT2D eigenvalue weighted by Crippen LogP contribution is -2.34. The molecule has 2 aromatic rings. The summed E-state index contributed by atoms with van der Waals surface area (Å²) in [6.45, 7) is 4.34. The number of sulfone groups is 1. The van der Waals surface area contributed by atoms with Gasteiger partial charge in [-0.3, -0.25) is 9.59 Å². The van der Waals surface area contributed by atoms with Crippen LogP contribution in [0, 0.1) is 25.7 Å². The normalized spacial score (nSPS) is 20.6. The van der Waals surface area contributed by atoms with Crippen molar-refractivity contribution in [1.29, 1.82) is 0 Å². The Morgan fingerprint density at radius 3 is 2.66 bits per heavy atom. The number of aromatic nitrogens is 1. The Balaban J connectivity index is 1.23. The van der Waals surface area contributed by atoms with E-state index in [2.05, 4.69) is 15.8 Å². The second-order valence-corrected chi connectivity index (χ2v) is 12.0. The molecule has 2 amide bonds. The third-order valence-electron chi connectivity index (χ3n) is 7.43. The number of hydrogen-bond acceptors (Lipinski definition) is 6. The van der Waals surface area contributed by atoms with Gasteiger partial charge in [0.2, 0.25) is 11.8 Å². The Hall–Kier alpha value is -2.68. The largest absolute Gasteiger partial charge is 0.361 e. The fourth-order valence-corrected chi connectivity index (χ4v) is 6.69. The second kappa shape index (κ2) is 10.9. The summed E-state index contributed by atoms with van der Waals surface area (Å²) in [6.07, 6.45) is 6.51. The number of hydrogen-bond donors (Lipinski definition) is 2. The maximum Gasteiger partial charge on any atom is 0.224 e. The summed E-state index contributed by atoms with van der Waals surface area (Å²) in [5, 5.41) is 9.83. The topological polar surface area (TPSA) is 118 Å². The first-order valence-electron chi connectivity index (χ1n) is 12.6. The zero-order chi connectivity index (χ0) is 25.0. The van der Waals surface area contributed by atoms with Gasteiger partial charge in [-0.25, -0.2) is 8.42 Å². The zero-order valence-corrected chi connectivity index (χ0v) is 21.4. The average Bonchev–Trinajstić information content (AvgIpc) is 3.03. The second-order valence-electron chi connectivity index (χ2n) is 9.89. The Bertz CT molecular complexity index is 1160. The molecule has 0 spiro atoms. The molecule has 35 heavy (non-hydrogen) atoms. The van der Waals surface area contributed by atoms with Gasteiger partial charge in [-0.05, 0) is 94.9 Å². The van der Waals surface area contributed by atoms with Crippen LogP contribution in [0.5, 0.6) is 0 Å². The molecule has 1 aliphatic carbocycles. The average molecular weight is 502 g/mol. The first kappa shape index (κ1) is 25.4. The number of benzene rings is 1. The highest BCUT2D eigenvalue weighted by molar-refractivity contribution is 7.91. The molecule has 0 unspecified atom stereocenters. The van der Waals surface area contributed by atoms with Crippen LogP contribution in [0.2, 0.25) is 0 Å². The van der Waals surface area contributed by atoms with Crippen molar-refractivity contribution in [2.24, 2.45) is 11.8 Å². The lowest BCUT2D eigenvalue weighted by molar-refractivity contribution is -0.126. The molecule has 1 aromatic carbocycles. The fourth-order valence-electron chi connectivity index (χ4n) is 5.21. The first-order chi connectivity index (χ1) is 16.7. The van der Waals surface area contributed by atoms with Gasteiger partial charge in [0.1, 0.15) is 5.76 Å². The third kappa shape index (κ3) is 6.31. The van der Waals surface area contributed by atoms with Crippen molar-refractivity contribution in [3.05, 3.63) is 40.8 Å². The van der Waals surface area contributed by atoms with Crippen molar-refractivity contribution in [3.8, 4) is 0 Å². The van der Waals surface area contributed by atoms with Crippen LogP contribution in [0.3, 0.4) is 0 Å². The van der Waals surface area contributed by atoms with E-state index >= 15 is 0 Å². The predicted molar refractivity (Wildman–Crippen MR) is 133 cm³/mol. The standard InChI is InChI=1S/C26H35N3O5S/c1-17-23(18(2)34-29-17)12-14-27-26(31)20-8-6-19(7-9-20)13-15-35(32,33)22-10-11-24-21(16-22)4-3-5-25(30)28-24/h10-11,16,19-20H,3-9,12-15H2,1-2H3,(H,27,31)(H,28,30). The van der Waals surface area contributed by atoms with Gasteiger partial charge in [0.05, 0.1) is 16.3 Å². The van der Waals surface area contributed by atoms with Crippen molar-refractivity contribution in [1.82, 2.24) is 10.5 Å². The quantitative estimate of drug-likeness (QED) is 0.566. The Morgan fingerprint density at radius 2 is 1.94 bits per heavy atom. The molecule has 2 aliphatic rings. The smallest absolute Gasteiger partial charge is 0.224 e. The first-order valence-corrected chi connectivity index (χ1v) is 14.2. The number of carbonyl (C=O) groups excluding carboxylic acids is 2. The molecule has 1 aromatic heterocycles. The SMILES string of the molecule is Cc1noc(C)c1CCNC(=O)C1CCC(CCS(=O)(=O)c2ccc3c(c2)CCCC(=O)N3)CC1. The van der Waals surface area contributed by atoms with Crippen LogP contribution in [-0.4, -0.2) is 37.7 Å². The Kier molecular flexibility index (Phi) is 7.94. The van der Waals surface area contributed by atoms with Gasteiger partial charge in [0.15, 0.2) is 9.84 Å². The molecule has 2 heterocycles. The number of amides is 2. The van der Waals surface area contributed by atoms with E-state index < -0.39 is 9.84 Å². The van der Waals surface area contributed by atoms with Crippen LogP contribution in [0.4, 0.5) is 5.69 Å². The molecule has 0 atom stereocenters. The van der Waals surface area contributed by atoms with Crippen LogP contribution in [-0.2, 0) is 32.3 Å². The third-order valence-corrected chi connectivity index (χ3v) is 9.17. The van der Waals surface area contributed by atoms with E-state index in [1.807, 2.05) is 13.8 Å². The minimum atomic E-state index is -3.39. The number of aryl methyl sites for hydroxylation is 3. The molecule has 9 heteroatoms. The van der Waals surface area contributed by atoms with Crippen LogP contribution >= 0.6 is 0 Å². The molecule has 0 saturated heterocycles. The van der Waals surface area contributed by atoms with E-state index in [0.717, 1.165) is 60.4 Å². The molecule has 190 valence electrons. The molecular weight excluding hydrogens is 466 g/mol. The predicted octanol–water partition coefficient (Wildman–Crippen LogP) is 3.90. The molecule has 4 rings (SSSR count). The van der Waals surface area contributed by atoms with Gasteiger partial charge in [-0.1, -0.05) is 5.16 Å². The molecular formula is C26H35N3O5S. The van der Waals surface area contributed by atoms with Crippen LogP contribution in [0.1, 0.15) is 67.5 Å². The minimum Gasteiger partial charge on any atom is -0.361 e. The van der Waals surface area contributed by atoms with Crippen LogP contribution in [0.15, 0.2) is 27.6 Å². The molecule has 1 saturated carbocycles. The van der Waals surface area contributed by atoms with Crippen molar-refractivity contribution in [2.45, 2.75) is 76.5 Å². The van der Waals surface area contributed by atoms with Crippen molar-refractivity contribution < 1.29 is 22.5 Å². The summed E-state index contributed by atoms with van der Waals surface area (Å²) in [6, 6.07) is 5.03. The van der Waals surface area contributed by atoms with E-state index in [1.54, 1.807) is 18.2 Å². The maximum absolute atomic E-state index is 13.0. The van der Waals surface area contributed by atoms with E-state index in [4.69, 9.17) is 4.52 Å². The van der Waals surface area contributed by atoms with Crippen molar-refractivity contribution in [2.75, 3.05) is 17.6 Å². The number of fused-ring (bicyclic) bond motifs is 1. The number of nitrogens with one attached hydrogen (secondary N) is 2. The van der Waals surface area contributed by atoms with E-state index in [9.17, 15) is 18.0 Å². The lowest BCUT2D eigenvalue weighted by atomic mass is 9.80. The summed E-state index contributed by atoms with van der Waals surface area (Å²) in [4.78, 5) is 24.7. The van der Waals surface area contributed by atoms with Gasteiger partial charge in [0.25, 0.3) is 0 Å². The summed E-state index contributed by atoms with van der Waals surface area (Å²) >= 11 is 0. The highest BCUT2D eigenvalue weighted by Gasteiger charge is 2.28. The van der Waals surface area contributed by atoms with Gasteiger partial charge in [-0.15, -0.1) is 0 Å². The molecule has 1 fully saturated rings. The van der Waals surface area contributed by atoms with E-state index in [1.165, 1.54) is 0 Å². The number of rotatable bonds is 8. The summed E-state index contributed by atoms with van der Waals surface area (Å²) in [7, 11) is -3.39. The molecule has 1 aliphatic heterocycles. The lowest BCUT2D eigenvalue weighted by Gasteiger charge is -2.27. The molecule has 0 radical (unpaired) electrons. The number of anilines is 1. The molecule has 2 N–H and O–H groups in total. The minimum absolute atomic E-state index is 0.00711. The van der Waals surface area contributed by atoms with E-state index in [0.29, 0.717) is 43.0 Å². The highest BCUT2D eigenvalue weighted by atomic mass is 32.2. The van der Waals surface area contributed by atoms with Gasteiger partial charge in [-0.2, -0.15) is 0 Å². The van der Waals surface area contributed by atoms with Gasteiger partial charge in [0, 0.05) is 30.1 Å².